The smallest absolute Gasteiger partial charge is 0.143 e. The van der Waals surface area contributed by atoms with Gasteiger partial charge in [-0.15, -0.1) is 0 Å². The normalized spacial score (nSPS) is 12.2. The Bertz CT molecular complexity index is 1160. The third kappa shape index (κ3) is 5.60. The van der Waals surface area contributed by atoms with Crippen LogP contribution in [0.15, 0.2) is 60.7 Å². The summed E-state index contributed by atoms with van der Waals surface area (Å²) >= 11 is 0. The van der Waals surface area contributed by atoms with Crippen LogP contribution in [0.4, 0.5) is 4.39 Å². The van der Waals surface area contributed by atoms with Crippen LogP contribution in [-0.4, -0.2) is 7.11 Å². The van der Waals surface area contributed by atoms with Crippen molar-refractivity contribution in [3.63, 3.8) is 0 Å². The molecule has 32 heavy (non-hydrogen) atoms. The third-order valence-corrected chi connectivity index (χ3v) is 5.52. The van der Waals surface area contributed by atoms with E-state index in [1.54, 1.807) is 13.2 Å². The Morgan fingerprint density at radius 1 is 0.750 bits per heavy atom. The van der Waals surface area contributed by atoms with Gasteiger partial charge in [0.05, 0.1) is 12.7 Å². The third-order valence-electron chi connectivity index (χ3n) is 5.52. The van der Waals surface area contributed by atoms with Crippen molar-refractivity contribution in [2.24, 2.45) is 0 Å². The van der Waals surface area contributed by atoms with E-state index in [2.05, 4.69) is 23.7 Å². The number of halogens is 1. The molecule has 4 rings (SSSR count). The van der Waals surface area contributed by atoms with Crippen LogP contribution in [0.5, 0.6) is 5.75 Å². The molecule has 2 heteroatoms. The second kappa shape index (κ2) is 11.2. The molecule has 1 saturated carbocycles. The van der Waals surface area contributed by atoms with Gasteiger partial charge in [0, 0.05) is 22.3 Å². The van der Waals surface area contributed by atoms with Gasteiger partial charge < -0.3 is 4.74 Å². The molecule has 3 aromatic carbocycles. The quantitative estimate of drug-likeness (QED) is 0.394. The van der Waals surface area contributed by atoms with Crippen LogP contribution in [0, 0.1) is 36.4 Å². The van der Waals surface area contributed by atoms with Gasteiger partial charge in [-0.3, -0.25) is 0 Å². The number of methoxy groups -OCH3 is 1. The molecule has 1 aliphatic rings. The molecule has 0 spiro atoms. The predicted molar refractivity (Wildman–Crippen MR) is 130 cm³/mol. The molecule has 0 unspecified atom stereocenters. The Hall–Kier alpha value is -3.49. The zero-order chi connectivity index (χ0) is 22.9. The first-order valence-electron chi connectivity index (χ1n) is 11.2. The van der Waals surface area contributed by atoms with Gasteiger partial charge in [0.15, 0.2) is 0 Å². The van der Waals surface area contributed by atoms with Gasteiger partial charge in [0.2, 0.25) is 0 Å². The van der Waals surface area contributed by atoms with Gasteiger partial charge in [0.25, 0.3) is 0 Å². The van der Waals surface area contributed by atoms with Gasteiger partial charge in [0.1, 0.15) is 11.6 Å². The Morgan fingerprint density at radius 2 is 1.28 bits per heavy atom. The van der Waals surface area contributed by atoms with Crippen molar-refractivity contribution in [1.82, 2.24) is 0 Å². The second-order valence-electron chi connectivity index (χ2n) is 7.61. The average molecular weight is 425 g/mol. The fourth-order valence-corrected chi connectivity index (χ4v) is 3.48. The maximum atomic E-state index is 15.4. The molecule has 1 nitrogen and oxygen atoms in total. The lowest BCUT2D eigenvalue weighted by Gasteiger charge is -2.27. The number of aryl methyl sites for hydroxylation is 1. The maximum absolute atomic E-state index is 15.4. The minimum absolute atomic E-state index is 0.221. The van der Waals surface area contributed by atoms with E-state index < -0.39 is 0 Å². The first-order valence-corrected chi connectivity index (χ1v) is 11.2. The monoisotopic (exact) mass is 424 g/mol. The number of hydrogen-bond donors (Lipinski definition) is 0. The average Bonchev–Trinajstić information content (AvgIpc) is 2.80. The molecule has 162 valence electrons. The molecular weight excluding hydrogens is 395 g/mol. The van der Waals surface area contributed by atoms with E-state index in [-0.39, 0.29) is 11.7 Å². The molecule has 0 N–H and O–H groups in total. The summed E-state index contributed by atoms with van der Waals surface area (Å²) in [5, 5.41) is 0. The summed E-state index contributed by atoms with van der Waals surface area (Å²) in [6, 6.07) is 19.2. The summed E-state index contributed by atoms with van der Waals surface area (Å²) in [7, 11) is 1.64. The molecule has 0 heterocycles. The molecule has 3 aromatic rings. The molecule has 0 atom stereocenters. The Morgan fingerprint density at radius 3 is 1.81 bits per heavy atom. The van der Waals surface area contributed by atoms with Crippen molar-refractivity contribution in [2.75, 3.05) is 7.11 Å². The Kier molecular flexibility index (Phi) is 8.13. The molecular formula is C30H29FO. The van der Waals surface area contributed by atoms with Crippen LogP contribution in [0.1, 0.15) is 72.4 Å². The van der Waals surface area contributed by atoms with Gasteiger partial charge in [-0.05, 0) is 74.2 Å². The molecule has 0 saturated heterocycles. The molecule has 1 aliphatic carbocycles. The van der Waals surface area contributed by atoms with Crippen LogP contribution in [0.2, 0.25) is 0 Å². The van der Waals surface area contributed by atoms with E-state index in [0.717, 1.165) is 47.3 Å². The van der Waals surface area contributed by atoms with E-state index in [4.69, 9.17) is 4.74 Å². The highest BCUT2D eigenvalue weighted by atomic mass is 19.1. The second-order valence-corrected chi connectivity index (χ2v) is 7.61. The van der Waals surface area contributed by atoms with Gasteiger partial charge in [-0.1, -0.05) is 61.6 Å². The Labute approximate surface area is 191 Å². The topological polar surface area (TPSA) is 9.23 Å². The minimum atomic E-state index is -0.221. The lowest BCUT2D eigenvalue weighted by Crippen LogP contribution is -2.13. The van der Waals surface area contributed by atoms with Crippen molar-refractivity contribution in [2.45, 2.75) is 46.0 Å². The van der Waals surface area contributed by atoms with E-state index in [9.17, 15) is 0 Å². The first kappa shape index (κ1) is 23.2. The van der Waals surface area contributed by atoms with Crippen molar-refractivity contribution >= 4 is 0 Å². The fraction of sp³-hybridized carbons (Fsp3) is 0.267. The van der Waals surface area contributed by atoms with E-state index in [1.165, 1.54) is 5.56 Å². The number of ether oxygens (including phenoxy) is 1. The van der Waals surface area contributed by atoms with Crippen LogP contribution < -0.4 is 4.74 Å². The predicted octanol–water partition coefficient (Wildman–Crippen LogP) is 7.24. The van der Waals surface area contributed by atoms with Gasteiger partial charge >= 0.3 is 0 Å². The van der Waals surface area contributed by atoms with E-state index in [0.29, 0.717) is 5.56 Å². The molecule has 0 aliphatic heterocycles. The first-order chi connectivity index (χ1) is 15.6. The lowest BCUT2D eigenvalue weighted by atomic mass is 9.77. The van der Waals surface area contributed by atoms with Crippen molar-refractivity contribution in [3.8, 4) is 29.4 Å². The summed E-state index contributed by atoms with van der Waals surface area (Å²) < 4.78 is 20.6. The number of benzene rings is 3. The highest BCUT2D eigenvalue weighted by Crippen LogP contribution is 2.40. The summed E-state index contributed by atoms with van der Waals surface area (Å²) in [6.07, 6.45) is 3.14. The van der Waals surface area contributed by atoms with E-state index in [1.807, 2.05) is 75.4 Å². The van der Waals surface area contributed by atoms with Crippen molar-refractivity contribution in [1.29, 1.82) is 0 Å². The van der Waals surface area contributed by atoms with Crippen molar-refractivity contribution < 1.29 is 9.13 Å². The number of rotatable bonds is 2. The van der Waals surface area contributed by atoms with Crippen LogP contribution >= 0.6 is 0 Å². The Balaban J connectivity index is 0.00000141. The largest absolute Gasteiger partial charge is 0.497 e. The van der Waals surface area contributed by atoms with Gasteiger partial charge in [-0.2, -0.15) is 0 Å². The highest BCUT2D eigenvalue weighted by molar-refractivity contribution is 5.54. The zero-order valence-corrected chi connectivity index (χ0v) is 19.3. The SMILES string of the molecule is CC.COc1ccc(C#Cc2ccc(C#Cc3ccc(C)cc3)c(F)c2C2CCC2)cc1. The lowest BCUT2D eigenvalue weighted by molar-refractivity contribution is 0.403. The van der Waals surface area contributed by atoms with E-state index >= 15 is 4.39 Å². The van der Waals surface area contributed by atoms with Crippen LogP contribution in [-0.2, 0) is 0 Å². The zero-order valence-electron chi connectivity index (χ0n) is 19.3. The minimum Gasteiger partial charge on any atom is -0.497 e. The molecule has 0 amide bonds. The molecule has 1 fully saturated rings. The van der Waals surface area contributed by atoms with Crippen LogP contribution in [0.3, 0.4) is 0 Å². The summed E-state index contributed by atoms with van der Waals surface area (Å²) in [4.78, 5) is 0. The van der Waals surface area contributed by atoms with Crippen molar-refractivity contribution in [3.05, 3.63) is 99.9 Å². The molecule has 0 bridgehead atoms. The summed E-state index contributed by atoms with van der Waals surface area (Å²) in [6.45, 7) is 6.04. The highest BCUT2D eigenvalue weighted by Gasteiger charge is 2.26. The molecule has 0 radical (unpaired) electrons. The number of hydrogen-bond acceptors (Lipinski definition) is 1. The summed E-state index contributed by atoms with van der Waals surface area (Å²) in [5.74, 6) is 13.2. The van der Waals surface area contributed by atoms with Crippen LogP contribution in [0.25, 0.3) is 0 Å². The summed E-state index contributed by atoms with van der Waals surface area (Å²) in [5.41, 5.74) is 4.85. The molecule has 0 aromatic heterocycles. The maximum Gasteiger partial charge on any atom is 0.143 e. The standard InChI is InChI=1S/C28H23FO.C2H6/c1-20-6-8-21(9-7-20)11-15-25-17-16-24(27(28(25)29)23-4-3-5-23)14-10-22-12-18-26(30-2)19-13-22;1-2/h6-9,12-13,16-19,23H,3-5H2,1-2H3;1-2H3. The van der Waals surface area contributed by atoms with Gasteiger partial charge in [-0.25, -0.2) is 4.39 Å². The fourth-order valence-electron chi connectivity index (χ4n) is 3.48.